The van der Waals surface area contributed by atoms with Crippen molar-refractivity contribution in [1.82, 2.24) is 39.0 Å². The molecule has 184 valence electrons. The van der Waals surface area contributed by atoms with Gasteiger partial charge in [0.1, 0.15) is 11.8 Å². The molecule has 0 spiro atoms. The molecule has 1 fully saturated rings. The van der Waals surface area contributed by atoms with E-state index in [2.05, 4.69) is 30.7 Å². The number of aromatic nitrogens is 8. The highest BCUT2D eigenvalue weighted by molar-refractivity contribution is 7.99. The normalized spacial score (nSPS) is 13.6. The lowest BCUT2D eigenvalue weighted by atomic mass is 10.2. The maximum absolute atomic E-state index is 12.0. The van der Waals surface area contributed by atoms with Gasteiger partial charge >= 0.3 is 0 Å². The standard InChI is InChI=1S/C23H23N9O3S/c1-34-8-9-35-14-30-11-17(10-24-30)16-4-5-20-27-28-23(31(20)12-16)36-21-7-6-19-25-18(13-32(19)29-21)26-22(33)15-2-3-15/h4-7,10-13,15H,2-3,8-9,14H2,1H3,(H,26,33). The van der Waals surface area contributed by atoms with Gasteiger partial charge in [0.05, 0.1) is 25.6 Å². The minimum atomic E-state index is 0.0166. The van der Waals surface area contributed by atoms with E-state index in [4.69, 9.17) is 9.47 Å². The molecular formula is C23H23N9O3S. The number of methoxy groups -OCH3 is 1. The third-order valence-electron chi connectivity index (χ3n) is 5.68. The summed E-state index contributed by atoms with van der Waals surface area (Å²) in [6, 6.07) is 7.64. The van der Waals surface area contributed by atoms with Crippen LogP contribution in [0.15, 0.2) is 59.2 Å². The molecule has 5 aromatic heterocycles. The van der Waals surface area contributed by atoms with E-state index in [1.165, 1.54) is 11.8 Å². The number of imidazole rings is 1. The highest BCUT2D eigenvalue weighted by atomic mass is 32.2. The van der Waals surface area contributed by atoms with Crippen molar-refractivity contribution in [2.45, 2.75) is 29.8 Å². The Balaban J connectivity index is 1.20. The molecule has 13 heteroatoms. The molecule has 6 rings (SSSR count). The SMILES string of the molecule is COCCOCn1cc(-c2ccc3nnc(Sc4ccc5nc(NC(=O)C6CC6)cn5n4)n3c2)cn1. The fraction of sp³-hybridized carbons (Fsp3) is 0.304. The Bertz CT molecular complexity index is 1540. The van der Waals surface area contributed by atoms with E-state index in [1.54, 1.807) is 28.7 Å². The topological polar surface area (TPSA) is 126 Å². The average Bonchev–Trinajstić information content (AvgIpc) is 3.31. The number of rotatable bonds is 10. The van der Waals surface area contributed by atoms with E-state index < -0.39 is 0 Å². The minimum Gasteiger partial charge on any atom is -0.382 e. The molecule has 5 aromatic rings. The van der Waals surface area contributed by atoms with Crippen LogP contribution in [0.1, 0.15) is 12.8 Å². The molecule has 0 aromatic carbocycles. The molecule has 1 saturated carbocycles. The van der Waals surface area contributed by atoms with Crippen molar-refractivity contribution in [3.63, 3.8) is 0 Å². The first-order valence-electron chi connectivity index (χ1n) is 11.5. The van der Waals surface area contributed by atoms with Crippen molar-refractivity contribution < 1.29 is 14.3 Å². The predicted octanol–water partition coefficient (Wildman–Crippen LogP) is 2.76. The van der Waals surface area contributed by atoms with Crippen molar-refractivity contribution in [3.8, 4) is 11.1 Å². The van der Waals surface area contributed by atoms with E-state index in [0.717, 1.165) is 34.6 Å². The van der Waals surface area contributed by atoms with E-state index >= 15 is 0 Å². The fourth-order valence-corrected chi connectivity index (χ4v) is 4.42. The van der Waals surface area contributed by atoms with Gasteiger partial charge in [0.25, 0.3) is 0 Å². The highest BCUT2D eigenvalue weighted by Gasteiger charge is 2.30. The summed E-state index contributed by atoms with van der Waals surface area (Å²) >= 11 is 1.39. The van der Waals surface area contributed by atoms with Crippen molar-refractivity contribution in [3.05, 3.63) is 49.1 Å². The summed E-state index contributed by atoms with van der Waals surface area (Å²) < 4.78 is 15.8. The van der Waals surface area contributed by atoms with Crippen LogP contribution < -0.4 is 5.32 Å². The molecule has 0 unspecified atom stereocenters. The van der Waals surface area contributed by atoms with Gasteiger partial charge in [-0.15, -0.1) is 10.2 Å². The summed E-state index contributed by atoms with van der Waals surface area (Å²) in [6.45, 7) is 1.40. The van der Waals surface area contributed by atoms with Crippen LogP contribution >= 0.6 is 11.8 Å². The quantitative estimate of drug-likeness (QED) is 0.285. The fourth-order valence-electron chi connectivity index (χ4n) is 3.64. The summed E-state index contributed by atoms with van der Waals surface area (Å²) in [4.78, 5) is 16.5. The first-order valence-corrected chi connectivity index (χ1v) is 12.3. The Kier molecular flexibility index (Phi) is 6.09. The number of ether oxygens (including phenoxy) is 2. The van der Waals surface area contributed by atoms with Crippen molar-refractivity contribution >= 4 is 34.8 Å². The van der Waals surface area contributed by atoms with Gasteiger partial charge in [0.15, 0.2) is 17.1 Å². The van der Waals surface area contributed by atoms with E-state index in [1.807, 2.05) is 41.1 Å². The molecule has 0 saturated heterocycles. The van der Waals surface area contributed by atoms with Crippen molar-refractivity contribution in [2.24, 2.45) is 5.92 Å². The highest BCUT2D eigenvalue weighted by Crippen LogP contribution is 2.30. The monoisotopic (exact) mass is 505 g/mol. The number of nitrogens with one attached hydrogen (secondary N) is 1. The molecule has 12 nitrogen and oxygen atoms in total. The number of carbonyl (C=O) groups is 1. The van der Waals surface area contributed by atoms with Gasteiger partial charge in [-0.1, -0.05) is 0 Å². The van der Waals surface area contributed by atoms with E-state index in [0.29, 0.717) is 36.6 Å². The molecule has 0 radical (unpaired) electrons. The van der Waals surface area contributed by atoms with Gasteiger partial charge < -0.3 is 14.8 Å². The third kappa shape index (κ3) is 4.80. The molecule has 0 atom stereocenters. The van der Waals surface area contributed by atoms with Crippen molar-refractivity contribution in [2.75, 3.05) is 25.6 Å². The number of carbonyl (C=O) groups excluding carboxylic acids is 1. The van der Waals surface area contributed by atoms with Crippen LogP contribution in [-0.4, -0.2) is 65.2 Å². The van der Waals surface area contributed by atoms with Gasteiger partial charge in [0.2, 0.25) is 11.1 Å². The van der Waals surface area contributed by atoms with Gasteiger partial charge in [-0.05, 0) is 48.9 Å². The Morgan fingerprint density at radius 1 is 1.08 bits per heavy atom. The average molecular weight is 506 g/mol. The van der Waals surface area contributed by atoms with Crippen LogP contribution in [0, 0.1) is 5.92 Å². The molecule has 1 amide bonds. The van der Waals surface area contributed by atoms with Crippen LogP contribution in [0.5, 0.6) is 0 Å². The molecule has 1 aliphatic carbocycles. The lowest BCUT2D eigenvalue weighted by molar-refractivity contribution is -0.117. The zero-order chi connectivity index (χ0) is 24.5. The Hall–Kier alpha value is -3.81. The maximum Gasteiger partial charge on any atom is 0.228 e. The number of fused-ring (bicyclic) bond motifs is 2. The van der Waals surface area contributed by atoms with Gasteiger partial charge in [-0.2, -0.15) is 10.2 Å². The molecular weight excluding hydrogens is 482 g/mol. The molecule has 0 aliphatic heterocycles. The number of amides is 1. The van der Waals surface area contributed by atoms with Crippen LogP contribution in [0.25, 0.3) is 22.4 Å². The number of hydrogen-bond donors (Lipinski definition) is 1. The Labute approximate surface area is 209 Å². The molecule has 1 aliphatic rings. The summed E-state index contributed by atoms with van der Waals surface area (Å²) in [7, 11) is 1.64. The Morgan fingerprint density at radius 2 is 1.97 bits per heavy atom. The molecule has 0 bridgehead atoms. The van der Waals surface area contributed by atoms with Crippen LogP contribution in [0.4, 0.5) is 5.82 Å². The second kappa shape index (κ2) is 9.68. The van der Waals surface area contributed by atoms with Gasteiger partial charge in [-0.25, -0.2) is 14.2 Å². The molecule has 5 heterocycles. The van der Waals surface area contributed by atoms with Crippen LogP contribution in [0.3, 0.4) is 0 Å². The first kappa shape index (κ1) is 22.6. The van der Waals surface area contributed by atoms with Gasteiger partial charge in [0, 0.05) is 36.5 Å². The van der Waals surface area contributed by atoms with Crippen LogP contribution in [-0.2, 0) is 21.0 Å². The zero-order valence-corrected chi connectivity index (χ0v) is 20.3. The maximum atomic E-state index is 12.0. The summed E-state index contributed by atoms with van der Waals surface area (Å²) in [5.74, 6) is 0.634. The molecule has 1 N–H and O–H groups in total. The lowest BCUT2D eigenvalue weighted by Gasteiger charge is -2.04. The number of pyridine rings is 1. The third-order valence-corrected chi connectivity index (χ3v) is 6.57. The Morgan fingerprint density at radius 3 is 2.83 bits per heavy atom. The second-order valence-corrected chi connectivity index (χ2v) is 9.38. The van der Waals surface area contributed by atoms with E-state index in [-0.39, 0.29) is 11.8 Å². The predicted molar refractivity (Wildman–Crippen MR) is 130 cm³/mol. The minimum absolute atomic E-state index is 0.0166. The largest absolute Gasteiger partial charge is 0.382 e. The lowest BCUT2D eigenvalue weighted by Crippen LogP contribution is -2.13. The van der Waals surface area contributed by atoms with E-state index in [9.17, 15) is 4.79 Å². The number of hydrogen-bond acceptors (Lipinski definition) is 9. The summed E-state index contributed by atoms with van der Waals surface area (Å²) in [6.07, 6.45) is 9.31. The van der Waals surface area contributed by atoms with Crippen LogP contribution in [0.2, 0.25) is 0 Å². The van der Waals surface area contributed by atoms with Crippen molar-refractivity contribution in [1.29, 1.82) is 0 Å². The number of nitrogens with zero attached hydrogens (tertiary/aromatic N) is 8. The summed E-state index contributed by atoms with van der Waals surface area (Å²) in [5.41, 5.74) is 3.31. The summed E-state index contributed by atoms with van der Waals surface area (Å²) in [5, 5.41) is 21.9. The first-order chi connectivity index (χ1) is 17.7. The zero-order valence-electron chi connectivity index (χ0n) is 19.4. The van der Waals surface area contributed by atoms with Gasteiger partial charge in [-0.3, -0.25) is 9.20 Å². The second-order valence-electron chi connectivity index (χ2n) is 8.39. The smallest absolute Gasteiger partial charge is 0.228 e. The number of anilines is 1. The molecule has 36 heavy (non-hydrogen) atoms.